The van der Waals surface area contributed by atoms with Crippen molar-refractivity contribution in [1.29, 1.82) is 0 Å². The van der Waals surface area contributed by atoms with Gasteiger partial charge in [0.1, 0.15) is 5.75 Å². The van der Waals surface area contributed by atoms with Crippen molar-refractivity contribution in [2.24, 2.45) is 5.73 Å². The molecule has 1 atom stereocenters. The maximum Gasteiger partial charge on any atom is 0.122 e. The molecule has 1 unspecified atom stereocenters. The molecule has 17 heavy (non-hydrogen) atoms. The predicted octanol–water partition coefficient (Wildman–Crippen LogP) is 3.80. The molecule has 0 aliphatic heterocycles. The average molecular weight is 256 g/mol. The first-order valence-corrected chi connectivity index (χ1v) is 6.68. The number of unbranched alkanes of at least 4 members (excludes halogenated alkanes) is 2. The van der Waals surface area contributed by atoms with Crippen molar-refractivity contribution in [3.05, 3.63) is 28.8 Å². The topological polar surface area (TPSA) is 35.2 Å². The van der Waals surface area contributed by atoms with Crippen molar-refractivity contribution in [2.75, 3.05) is 6.61 Å². The standard InChI is InChI=1S/C14H22ClNO/c1-3-4-5-8-17-14-7-6-13(15)10-12(14)9-11(2)16/h6-7,10-11H,3-5,8-9,16H2,1-2H3. The summed E-state index contributed by atoms with van der Waals surface area (Å²) in [6.45, 7) is 4.94. The van der Waals surface area contributed by atoms with Crippen molar-refractivity contribution in [3.8, 4) is 5.75 Å². The lowest BCUT2D eigenvalue weighted by molar-refractivity contribution is 0.303. The van der Waals surface area contributed by atoms with Crippen LogP contribution in [-0.2, 0) is 6.42 Å². The summed E-state index contributed by atoms with van der Waals surface area (Å²) in [5, 5.41) is 0.738. The van der Waals surface area contributed by atoms with Crippen LogP contribution in [0.25, 0.3) is 0 Å². The van der Waals surface area contributed by atoms with Gasteiger partial charge in [0, 0.05) is 11.1 Å². The third kappa shape index (κ3) is 5.42. The zero-order chi connectivity index (χ0) is 12.7. The Bertz CT molecular complexity index is 339. The molecule has 0 radical (unpaired) electrons. The van der Waals surface area contributed by atoms with Crippen LogP contribution < -0.4 is 10.5 Å². The van der Waals surface area contributed by atoms with Gasteiger partial charge in [0.2, 0.25) is 0 Å². The highest BCUT2D eigenvalue weighted by Gasteiger charge is 2.07. The highest BCUT2D eigenvalue weighted by Crippen LogP contribution is 2.24. The Labute approximate surface area is 109 Å². The highest BCUT2D eigenvalue weighted by molar-refractivity contribution is 6.30. The number of ether oxygens (including phenoxy) is 1. The monoisotopic (exact) mass is 255 g/mol. The summed E-state index contributed by atoms with van der Waals surface area (Å²) in [5.74, 6) is 0.919. The second-order valence-corrected chi connectivity index (χ2v) is 4.93. The molecule has 0 amide bonds. The van der Waals surface area contributed by atoms with Crippen LogP contribution in [0.4, 0.5) is 0 Å². The quantitative estimate of drug-likeness (QED) is 0.753. The molecule has 1 aromatic rings. The Balaban J connectivity index is 2.62. The largest absolute Gasteiger partial charge is 0.493 e. The van der Waals surface area contributed by atoms with Gasteiger partial charge in [0.25, 0.3) is 0 Å². The van der Waals surface area contributed by atoms with E-state index in [1.165, 1.54) is 12.8 Å². The number of hydrogen-bond acceptors (Lipinski definition) is 2. The van der Waals surface area contributed by atoms with E-state index in [0.717, 1.165) is 35.8 Å². The minimum absolute atomic E-state index is 0.117. The van der Waals surface area contributed by atoms with Crippen LogP contribution >= 0.6 is 11.6 Å². The number of rotatable bonds is 7. The summed E-state index contributed by atoms with van der Waals surface area (Å²) < 4.78 is 5.78. The van der Waals surface area contributed by atoms with Crippen molar-refractivity contribution in [1.82, 2.24) is 0 Å². The van der Waals surface area contributed by atoms with E-state index in [2.05, 4.69) is 6.92 Å². The van der Waals surface area contributed by atoms with E-state index in [0.29, 0.717) is 0 Å². The third-order valence-electron chi connectivity index (χ3n) is 2.57. The van der Waals surface area contributed by atoms with E-state index in [1.807, 2.05) is 25.1 Å². The van der Waals surface area contributed by atoms with Crippen LogP contribution in [0.2, 0.25) is 5.02 Å². The van der Waals surface area contributed by atoms with Gasteiger partial charge in [-0.2, -0.15) is 0 Å². The zero-order valence-corrected chi connectivity index (χ0v) is 11.5. The molecular weight excluding hydrogens is 234 g/mol. The molecule has 96 valence electrons. The summed E-state index contributed by atoms with van der Waals surface area (Å²) in [7, 11) is 0. The minimum atomic E-state index is 0.117. The summed E-state index contributed by atoms with van der Waals surface area (Å²) >= 11 is 5.99. The SMILES string of the molecule is CCCCCOc1ccc(Cl)cc1CC(C)N. The first kappa shape index (κ1) is 14.3. The minimum Gasteiger partial charge on any atom is -0.493 e. The van der Waals surface area contributed by atoms with E-state index in [9.17, 15) is 0 Å². The normalized spacial score (nSPS) is 12.5. The maximum atomic E-state index is 5.99. The van der Waals surface area contributed by atoms with Crippen LogP contribution in [0.3, 0.4) is 0 Å². The second-order valence-electron chi connectivity index (χ2n) is 4.49. The zero-order valence-electron chi connectivity index (χ0n) is 10.7. The second kappa shape index (κ2) is 7.57. The molecule has 1 aromatic carbocycles. The van der Waals surface area contributed by atoms with E-state index in [1.54, 1.807) is 0 Å². The van der Waals surface area contributed by atoms with Crippen LogP contribution in [0, 0.1) is 0 Å². The van der Waals surface area contributed by atoms with E-state index in [4.69, 9.17) is 22.1 Å². The first-order chi connectivity index (χ1) is 8.13. The maximum absolute atomic E-state index is 5.99. The molecular formula is C14H22ClNO. The molecule has 2 nitrogen and oxygen atoms in total. The predicted molar refractivity (Wildman–Crippen MR) is 73.8 cm³/mol. The fourth-order valence-electron chi connectivity index (χ4n) is 1.73. The van der Waals surface area contributed by atoms with Gasteiger partial charge in [-0.1, -0.05) is 31.4 Å². The number of benzene rings is 1. The van der Waals surface area contributed by atoms with Crippen LogP contribution in [0.15, 0.2) is 18.2 Å². The highest BCUT2D eigenvalue weighted by atomic mass is 35.5. The molecule has 0 aromatic heterocycles. The smallest absolute Gasteiger partial charge is 0.122 e. The number of halogens is 1. The third-order valence-corrected chi connectivity index (χ3v) is 2.80. The van der Waals surface area contributed by atoms with E-state index >= 15 is 0 Å². The molecule has 0 fully saturated rings. The number of hydrogen-bond donors (Lipinski definition) is 1. The van der Waals surface area contributed by atoms with Gasteiger partial charge in [-0.15, -0.1) is 0 Å². The first-order valence-electron chi connectivity index (χ1n) is 6.30. The van der Waals surface area contributed by atoms with Gasteiger partial charge in [-0.25, -0.2) is 0 Å². The summed E-state index contributed by atoms with van der Waals surface area (Å²) in [6.07, 6.45) is 4.30. The van der Waals surface area contributed by atoms with Crippen LogP contribution in [-0.4, -0.2) is 12.6 Å². The molecule has 0 saturated carbocycles. The lowest BCUT2D eigenvalue weighted by Gasteiger charge is -2.13. The summed E-state index contributed by atoms with van der Waals surface area (Å²) in [5.41, 5.74) is 6.92. The molecule has 0 heterocycles. The van der Waals surface area contributed by atoms with Crippen LogP contribution in [0.5, 0.6) is 5.75 Å². The Morgan fingerprint density at radius 3 is 2.76 bits per heavy atom. The van der Waals surface area contributed by atoms with Crippen molar-refractivity contribution < 1.29 is 4.74 Å². The van der Waals surface area contributed by atoms with Crippen molar-refractivity contribution >= 4 is 11.6 Å². The Morgan fingerprint density at radius 1 is 1.35 bits per heavy atom. The molecule has 0 saturated heterocycles. The Hall–Kier alpha value is -0.730. The molecule has 3 heteroatoms. The molecule has 0 bridgehead atoms. The number of nitrogens with two attached hydrogens (primary N) is 1. The lowest BCUT2D eigenvalue weighted by atomic mass is 10.1. The Morgan fingerprint density at radius 2 is 2.12 bits per heavy atom. The van der Waals surface area contributed by atoms with Gasteiger partial charge < -0.3 is 10.5 Å². The van der Waals surface area contributed by atoms with Gasteiger partial charge in [-0.05, 0) is 43.5 Å². The molecule has 0 aliphatic rings. The molecule has 0 aliphatic carbocycles. The molecule has 1 rings (SSSR count). The van der Waals surface area contributed by atoms with Crippen LogP contribution in [0.1, 0.15) is 38.7 Å². The van der Waals surface area contributed by atoms with Gasteiger partial charge in [0.15, 0.2) is 0 Å². The fourth-order valence-corrected chi connectivity index (χ4v) is 1.92. The van der Waals surface area contributed by atoms with Crippen molar-refractivity contribution in [2.45, 2.75) is 45.6 Å². The van der Waals surface area contributed by atoms with Crippen molar-refractivity contribution in [3.63, 3.8) is 0 Å². The van der Waals surface area contributed by atoms with E-state index in [-0.39, 0.29) is 6.04 Å². The fraction of sp³-hybridized carbons (Fsp3) is 0.571. The van der Waals surface area contributed by atoms with E-state index < -0.39 is 0 Å². The van der Waals surface area contributed by atoms with Gasteiger partial charge in [-0.3, -0.25) is 0 Å². The van der Waals surface area contributed by atoms with Gasteiger partial charge in [0.05, 0.1) is 6.61 Å². The molecule has 2 N–H and O–H groups in total. The average Bonchev–Trinajstić information content (AvgIpc) is 2.26. The summed E-state index contributed by atoms with van der Waals surface area (Å²) in [6, 6.07) is 5.86. The molecule has 0 spiro atoms. The lowest BCUT2D eigenvalue weighted by Crippen LogP contribution is -2.18. The van der Waals surface area contributed by atoms with Gasteiger partial charge >= 0.3 is 0 Å². The Kier molecular flexibility index (Phi) is 6.38. The summed E-state index contributed by atoms with van der Waals surface area (Å²) in [4.78, 5) is 0.